The van der Waals surface area contributed by atoms with Crippen LogP contribution in [0.1, 0.15) is 57.0 Å². The van der Waals surface area contributed by atoms with Crippen LogP contribution in [-0.2, 0) is 9.59 Å². The van der Waals surface area contributed by atoms with E-state index in [1.807, 2.05) is 61.5 Å². The summed E-state index contributed by atoms with van der Waals surface area (Å²) in [6.45, 7) is 6.01. The lowest BCUT2D eigenvalue weighted by molar-refractivity contribution is -0.124. The Morgan fingerprint density at radius 3 is 2.26 bits per heavy atom. The topological polar surface area (TPSA) is 71.3 Å². The zero-order chi connectivity index (χ0) is 27.2. The Morgan fingerprint density at radius 1 is 0.921 bits per heavy atom. The quantitative estimate of drug-likeness (QED) is 0.234. The maximum atomic E-state index is 13.7. The van der Waals surface area contributed by atoms with Crippen molar-refractivity contribution in [2.24, 2.45) is 0 Å². The number of aromatic nitrogens is 1. The second-order valence-electron chi connectivity index (χ2n) is 9.81. The lowest BCUT2D eigenvalue weighted by Crippen LogP contribution is -2.30. The van der Waals surface area contributed by atoms with Gasteiger partial charge in [-0.25, -0.2) is 4.39 Å². The van der Waals surface area contributed by atoms with Crippen LogP contribution in [0.3, 0.4) is 0 Å². The Labute approximate surface area is 222 Å². The van der Waals surface area contributed by atoms with Crippen molar-refractivity contribution in [1.82, 2.24) is 9.88 Å². The highest BCUT2D eigenvalue weighted by Crippen LogP contribution is 2.37. The standard InChI is InChI=1S/C32H33FN2O3/c1-21(2)35-29-12-8-7-11-28(29)32(24-13-15-25(33)16-14-24)30(35)18-17-26(36)19-27(37)20-31(38)34-22(3)23-9-5-4-6-10-23/h4-18,21-22,27,37H,19-20H2,1-3H3,(H,34,38)/b18-17+/t22-,27+/m0/s1. The van der Waals surface area contributed by atoms with Gasteiger partial charge in [0.15, 0.2) is 5.78 Å². The molecular weight excluding hydrogens is 479 g/mol. The molecule has 196 valence electrons. The molecule has 0 spiro atoms. The predicted octanol–water partition coefficient (Wildman–Crippen LogP) is 6.63. The molecule has 0 radical (unpaired) electrons. The number of amides is 1. The highest BCUT2D eigenvalue weighted by molar-refractivity contribution is 6.03. The van der Waals surface area contributed by atoms with Crippen LogP contribution in [0.2, 0.25) is 0 Å². The molecule has 4 aromatic rings. The molecule has 0 saturated heterocycles. The Balaban J connectivity index is 1.52. The van der Waals surface area contributed by atoms with Crippen molar-refractivity contribution in [3.63, 3.8) is 0 Å². The minimum Gasteiger partial charge on any atom is -0.392 e. The summed E-state index contributed by atoms with van der Waals surface area (Å²) in [6.07, 6.45) is 1.78. The molecule has 4 rings (SSSR count). The first-order chi connectivity index (χ1) is 18.2. The van der Waals surface area contributed by atoms with Crippen molar-refractivity contribution < 1.29 is 19.1 Å². The molecule has 1 amide bonds. The van der Waals surface area contributed by atoms with Crippen LogP contribution in [0.15, 0.2) is 84.9 Å². The van der Waals surface area contributed by atoms with Crippen molar-refractivity contribution in [2.75, 3.05) is 0 Å². The van der Waals surface area contributed by atoms with Gasteiger partial charge in [-0.3, -0.25) is 9.59 Å². The predicted molar refractivity (Wildman–Crippen MR) is 150 cm³/mol. The largest absolute Gasteiger partial charge is 0.392 e. The number of allylic oxidation sites excluding steroid dienone is 1. The Morgan fingerprint density at radius 2 is 1.58 bits per heavy atom. The lowest BCUT2D eigenvalue weighted by atomic mass is 10.0. The summed E-state index contributed by atoms with van der Waals surface area (Å²) < 4.78 is 15.8. The van der Waals surface area contributed by atoms with Crippen LogP contribution >= 0.6 is 0 Å². The molecule has 0 aliphatic heterocycles. The number of para-hydroxylation sites is 1. The summed E-state index contributed by atoms with van der Waals surface area (Å²) in [5, 5.41) is 14.3. The van der Waals surface area contributed by atoms with Gasteiger partial charge in [0.05, 0.1) is 24.3 Å². The summed E-state index contributed by atoms with van der Waals surface area (Å²) in [5.41, 5.74) is 4.56. The number of nitrogens with zero attached hydrogens (tertiary/aromatic N) is 1. The molecule has 38 heavy (non-hydrogen) atoms. The van der Waals surface area contributed by atoms with E-state index >= 15 is 0 Å². The van der Waals surface area contributed by atoms with Crippen molar-refractivity contribution in [3.05, 3.63) is 102 Å². The van der Waals surface area contributed by atoms with E-state index in [-0.39, 0.29) is 42.4 Å². The molecule has 0 aliphatic carbocycles. The average molecular weight is 513 g/mol. The van der Waals surface area contributed by atoms with Gasteiger partial charge in [0, 0.05) is 28.9 Å². The van der Waals surface area contributed by atoms with Crippen molar-refractivity contribution in [2.45, 2.75) is 51.8 Å². The molecule has 6 heteroatoms. The van der Waals surface area contributed by atoms with E-state index in [0.717, 1.165) is 33.3 Å². The number of fused-ring (bicyclic) bond motifs is 1. The molecular formula is C32H33FN2O3. The van der Waals surface area contributed by atoms with E-state index in [0.29, 0.717) is 0 Å². The highest BCUT2D eigenvalue weighted by atomic mass is 19.1. The summed E-state index contributed by atoms with van der Waals surface area (Å²) in [5.74, 6) is -0.916. The molecule has 5 nitrogen and oxygen atoms in total. The highest BCUT2D eigenvalue weighted by Gasteiger charge is 2.20. The van der Waals surface area contributed by atoms with Crippen LogP contribution in [0.4, 0.5) is 4.39 Å². The SMILES string of the molecule is CC(C)n1c(/C=C/C(=O)C[C@@H](O)CC(=O)N[C@@H](C)c2ccccc2)c(-c2ccc(F)cc2)c2ccccc21. The van der Waals surface area contributed by atoms with Crippen LogP contribution in [0, 0.1) is 5.82 Å². The first kappa shape index (κ1) is 27.0. The van der Waals surface area contributed by atoms with E-state index in [4.69, 9.17) is 0 Å². The van der Waals surface area contributed by atoms with Gasteiger partial charge in [-0.05, 0) is 62.2 Å². The summed E-state index contributed by atoms with van der Waals surface area (Å²) in [4.78, 5) is 25.2. The van der Waals surface area contributed by atoms with Crippen molar-refractivity contribution >= 4 is 28.7 Å². The summed E-state index contributed by atoms with van der Waals surface area (Å²) in [6, 6.07) is 23.8. The van der Waals surface area contributed by atoms with E-state index in [1.54, 1.807) is 18.2 Å². The number of halogens is 1. The third kappa shape index (κ3) is 6.26. The molecule has 0 unspecified atom stereocenters. The lowest BCUT2D eigenvalue weighted by Gasteiger charge is -2.16. The number of nitrogens with one attached hydrogen (secondary N) is 1. The summed E-state index contributed by atoms with van der Waals surface area (Å²) in [7, 11) is 0. The molecule has 1 aromatic heterocycles. The van der Waals surface area contributed by atoms with Gasteiger partial charge in [-0.15, -0.1) is 0 Å². The monoisotopic (exact) mass is 512 g/mol. The minimum atomic E-state index is -1.09. The molecule has 0 bridgehead atoms. The van der Waals surface area contributed by atoms with Gasteiger partial charge < -0.3 is 15.0 Å². The van der Waals surface area contributed by atoms with Crippen molar-refractivity contribution in [1.29, 1.82) is 0 Å². The number of carbonyl (C=O) groups excluding carboxylic acids is 2. The van der Waals surface area contributed by atoms with E-state index < -0.39 is 6.10 Å². The summed E-state index contributed by atoms with van der Waals surface area (Å²) >= 11 is 0. The fourth-order valence-electron chi connectivity index (χ4n) is 4.81. The number of hydrogen-bond donors (Lipinski definition) is 2. The Hall–Kier alpha value is -4.03. The molecule has 2 N–H and O–H groups in total. The van der Waals surface area contributed by atoms with Gasteiger partial charge in [0.1, 0.15) is 5.82 Å². The molecule has 3 aromatic carbocycles. The number of aliphatic hydroxyl groups is 1. The zero-order valence-corrected chi connectivity index (χ0v) is 21.9. The number of ketones is 1. The molecule has 0 fully saturated rings. The molecule has 2 atom stereocenters. The number of rotatable bonds is 10. The Kier molecular flexibility index (Phi) is 8.54. The van der Waals surface area contributed by atoms with Gasteiger partial charge >= 0.3 is 0 Å². The number of hydrogen-bond acceptors (Lipinski definition) is 3. The number of benzene rings is 3. The fraction of sp³-hybridized carbons (Fsp3) is 0.250. The second-order valence-corrected chi connectivity index (χ2v) is 9.81. The van der Waals surface area contributed by atoms with Crippen molar-refractivity contribution in [3.8, 4) is 11.1 Å². The number of aliphatic hydroxyl groups excluding tert-OH is 1. The maximum Gasteiger partial charge on any atom is 0.223 e. The third-order valence-electron chi connectivity index (χ3n) is 6.56. The third-order valence-corrected chi connectivity index (χ3v) is 6.56. The molecule has 1 heterocycles. The smallest absolute Gasteiger partial charge is 0.223 e. The van der Waals surface area contributed by atoms with E-state index in [1.165, 1.54) is 18.2 Å². The fourth-order valence-corrected chi connectivity index (χ4v) is 4.81. The first-order valence-corrected chi connectivity index (χ1v) is 12.9. The first-order valence-electron chi connectivity index (χ1n) is 12.9. The van der Waals surface area contributed by atoms with Crippen LogP contribution < -0.4 is 5.32 Å². The Bertz CT molecular complexity index is 1440. The van der Waals surface area contributed by atoms with Crippen LogP contribution in [0.25, 0.3) is 28.1 Å². The molecule has 0 aliphatic rings. The van der Waals surface area contributed by atoms with E-state index in [9.17, 15) is 19.1 Å². The maximum absolute atomic E-state index is 13.7. The normalized spacial score (nSPS) is 13.2. The van der Waals surface area contributed by atoms with Crippen LogP contribution in [-0.4, -0.2) is 27.5 Å². The van der Waals surface area contributed by atoms with Gasteiger partial charge in [0.2, 0.25) is 5.91 Å². The van der Waals surface area contributed by atoms with Crippen LogP contribution in [0.5, 0.6) is 0 Å². The molecule has 0 saturated carbocycles. The second kappa shape index (κ2) is 12.0. The van der Waals surface area contributed by atoms with Gasteiger partial charge in [0.25, 0.3) is 0 Å². The average Bonchev–Trinajstić information content (AvgIpc) is 3.22. The van der Waals surface area contributed by atoms with Gasteiger partial charge in [-0.2, -0.15) is 0 Å². The zero-order valence-electron chi connectivity index (χ0n) is 21.9. The number of carbonyl (C=O) groups is 2. The van der Waals surface area contributed by atoms with E-state index in [2.05, 4.69) is 23.7 Å². The minimum absolute atomic E-state index is 0.102. The van der Waals surface area contributed by atoms with Gasteiger partial charge in [-0.1, -0.05) is 60.7 Å².